The third-order valence-electron chi connectivity index (χ3n) is 9.76. The molecule has 4 aliphatic rings. The minimum absolute atomic E-state index is 0.0344. The van der Waals surface area contributed by atoms with E-state index in [-0.39, 0.29) is 48.9 Å². The zero-order valence-electron chi connectivity index (χ0n) is 24.9. The average Bonchev–Trinajstić information content (AvgIpc) is 3.52. The number of alkyl halides is 1. The first kappa shape index (κ1) is 29.5. The van der Waals surface area contributed by atoms with Crippen molar-refractivity contribution in [2.75, 3.05) is 44.7 Å². The number of nitrogens with one attached hydrogen (secondary N) is 1. The number of thiophene rings is 1. The quantitative estimate of drug-likeness (QED) is 0.499. The number of halogens is 1. The van der Waals surface area contributed by atoms with E-state index in [0.29, 0.717) is 45.4 Å². The van der Waals surface area contributed by atoms with Crippen LogP contribution in [0.3, 0.4) is 0 Å². The Morgan fingerprint density at radius 2 is 2.12 bits per heavy atom. The second-order valence-electron chi connectivity index (χ2n) is 12.5. The number of rotatable bonds is 6. The second-order valence-corrected chi connectivity index (χ2v) is 13.4. The highest BCUT2D eigenvalue weighted by Crippen LogP contribution is 2.43. The Balaban J connectivity index is 1.35. The number of aromatic nitrogens is 2. The van der Waals surface area contributed by atoms with Crippen molar-refractivity contribution in [2.24, 2.45) is 5.92 Å². The molecule has 1 aliphatic carbocycles. The number of nitrogens with zero attached hydrogens (tertiary/aromatic N) is 6. The Labute approximate surface area is 255 Å². The Kier molecular flexibility index (Phi) is 7.89. The van der Waals surface area contributed by atoms with E-state index in [0.717, 1.165) is 39.5 Å². The van der Waals surface area contributed by atoms with Crippen LogP contribution in [0.25, 0.3) is 0 Å². The molecule has 5 heterocycles. The molecule has 2 saturated heterocycles. The van der Waals surface area contributed by atoms with Crippen molar-refractivity contribution in [1.82, 2.24) is 25.1 Å². The van der Waals surface area contributed by atoms with Crippen molar-refractivity contribution in [3.05, 3.63) is 45.3 Å². The summed E-state index contributed by atoms with van der Waals surface area (Å²) in [5, 5.41) is 14.9. The van der Waals surface area contributed by atoms with E-state index in [1.807, 2.05) is 17.3 Å². The molecule has 3 aliphatic heterocycles. The molecule has 2 amide bonds. The van der Waals surface area contributed by atoms with Gasteiger partial charge in [-0.3, -0.25) is 14.5 Å². The minimum Gasteiger partial charge on any atom is -0.462 e. The second kappa shape index (κ2) is 11.5. The number of aryl methyl sites for hydroxylation is 1. The predicted octanol–water partition coefficient (Wildman–Crippen LogP) is 2.84. The Morgan fingerprint density at radius 1 is 1.30 bits per heavy atom. The summed E-state index contributed by atoms with van der Waals surface area (Å²) in [6, 6.07) is 2.07. The van der Waals surface area contributed by atoms with Crippen LogP contribution in [0.4, 0.5) is 10.2 Å². The molecule has 0 saturated carbocycles. The van der Waals surface area contributed by atoms with Gasteiger partial charge < -0.3 is 19.9 Å². The molecule has 228 valence electrons. The highest BCUT2D eigenvalue weighted by atomic mass is 32.1. The summed E-state index contributed by atoms with van der Waals surface area (Å²) in [5.74, 6) is 0.630. The van der Waals surface area contributed by atoms with Gasteiger partial charge in [-0.15, -0.1) is 11.3 Å². The number of carbonyl (C=O) groups is 2. The van der Waals surface area contributed by atoms with Crippen LogP contribution < -0.4 is 15.0 Å². The van der Waals surface area contributed by atoms with Gasteiger partial charge in [0.15, 0.2) is 0 Å². The van der Waals surface area contributed by atoms with E-state index < -0.39 is 11.7 Å². The fourth-order valence-corrected chi connectivity index (χ4v) is 8.16. The first-order chi connectivity index (χ1) is 20.6. The summed E-state index contributed by atoms with van der Waals surface area (Å²) in [6.07, 6.45) is 2.93. The molecule has 2 fully saturated rings. The lowest BCUT2D eigenvalue weighted by atomic mass is 9.68. The van der Waals surface area contributed by atoms with Crippen molar-refractivity contribution in [2.45, 2.75) is 69.7 Å². The van der Waals surface area contributed by atoms with Gasteiger partial charge >= 0.3 is 6.01 Å². The maximum Gasteiger partial charge on any atom is 0.318 e. The van der Waals surface area contributed by atoms with E-state index >= 15 is 0 Å². The minimum atomic E-state index is -0.882. The van der Waals surface area contributed by atoms with E-state index in [2.05, 4.69) is 36.7 Å². The molecule has 0 bridgehead atoms. The summed E-state index contributed by atoms with van der Waals surface area (Å²) in [4.78, 5) is 42.2. The number of hydrogen-bond acceptors (Lipinski definition) is 9. The lowest BCUT2D eigenvalue weighted by Crippen LogP contribution is -2.61. The molecule has 12 heteroatoms. The van der Waals surface area contributed by atoms with Gasteiger partial charge in [-0.2, -0.15) is 15.2 Å². The number of nitriles is 1. The first-order valence-electron chi connectivity index (χ1n) is 14.9. The zero-order valence-corrected chi connectivity index (χ0v) is 25.8. The van der Waals surface area contributed by atoms with Crippen LogP contribution in [0, 0.1) is 24.2 Å². The smallest absolute Gasteiger partial charge is 0.318 e. The number of anilines is 1. The maximum atomic E-state index is 14.1. The molecule has 1 N–H and O–H groups in total. The summed E-state index contributed by atoms with van der Waals surface area (Å²) in [7, 11) is 1.89. The summed E-state index contributed by atoms with van der Waals surface area (Å²) < 4.78 is 20.2. The molecule has 2 aromatic heterocycles. The number of likely N-dealkylation sites (tertiary alicyclic amines) is 1. The Bertz CT molecular complexity index is 1490. The standard InChI is InChI=1S/C31H38FN7O3S/c1-5-26(40)39-9-8-38(15-21(39)6-7-33)28-23-10-19(3)31(12-24-18(2)17-43-27(24)29(41)36-31)13-25(23)34-30(35-28)42-16-22-11-20(32)14-37(22)4/h5,17,19-22H,1,6,8-16H2,2-4H3,(H,36,41). The molecule has 5 atom stereocenters. The number of fused-ring (bicyclic) bond motifs is 2. The fraction of sp³-hybridized carbons (Fsp3) is 0.581. The SMILES string of the molecule is C=CC(=O)N1CCN(c2nc(OCC3CC(F)CN3C)nc3c2CC(C)C2(C3)Cc3c(C)csc3C(=O)N2)CC1CC#N. The van der Waals surface area contributed by atoms with Crippen LogP contribution in [0.15, 0.2) is 18.0 Å². The maximum absolute atomic E-state index is 14.1. The predicted molar refractivity (Wildman–Crippen MR) is 161 cm³/mol. The molecule has 43 heavy (non-hydrogen) atoms. The topological polar surface area (TPSA) is 115 Å². The van der Waals surface area contributed by atoms with Gasteiger partial charge in [0.1, 0.15) is 18.6 Å². The molecular weight excluding hydrogens is 569 g/mol. The van der Waals surface area contributed by atoms with Gasteiger partial charge in [-0.05, 0) is 61.7 Å². The van der Waals surface area contributed by atoms with Crippen LogP contribution >= 0.6 is 11.3 Å². The van der Waals surface area contributed by atoms with Gasteiger partial charge in [0.25, 0.3) is 5.91 Å². The molecule has 1 spiro atoms. The van der Waals surface area contributed by atoms with Crippen LogP contribution in [0.2, 0.25) is 0 Å². The molecule has 0 radical (unpaired) electrons. The van der Waals surface area contributed by atoms with Crippen LogP contribution in [-0.4, -0.2) is 95.2 Å². The molecule has 6 rings (SSSR count). The van der Waals surface area contributed by atoms with Gasteiger partial charge in [-0.25, -0.2) is 4.39 Å². The number of carbonyl (C=O) groups excluding carboxylic acids is 2. The number of likely N-dealkylation sites (N-methyl/N-ethyl adjacent to an activating group) is 1. The first-order valence-corrected chi connectivity index (χ1v) is 15.8. The van der Waals surface area contributed by atoms with Gasteiger partial charge in [-0.1, -0.05) is 13.5 Å². The molecule has 0 aromatic carbocycles. The largest absolute Gasteiger partial charge is 0.462 e. The van der Waals surface area contributed by atoms with Gasteiger partial charge in [0.05, 0.1) is 34.6 Å². The molecule has 2 aromatic rings. The van der Waals surface area contributed by atoms with E-state index in [1.165, 1.54) is 17.4 Å². The van der Waals surface area contributed by atoms with Crippen molar-refractivity contribution in [1.29, 1.82) is 5.26 Å². The van der Waals surface area contributed by atoms with Crippen molar-refractivity contribution in [3.63, 3.8) is 0 Å². The normalized spacial score (nSPS) is 28.7. The van der Waals surface area contributed by atoms with Crippen molar-refractivity contribution < 1.29 is 18.7 Å². The fourth-order valence-electron chi connectivity index (χ4n) is 7.19. The number of amides is 2. The van der Waals surface area contributed by atoms with Crippen LogP contribution in [-0.2, 0) is 24.1 Å². The van der Waals surface area contributed by atoms with Gasteiger partial charge in [0, 0.05) is 44.2 Å². The highest BCUT2D eigenvalue weighted by molar-refractivity contribution is 7.12. The number of hydrogen-bond donors (Lipinski definition) is 1. The van der Waals surface area contributed by atoms with E-state index in [4.69, 9.17) is 14.7 Å². The summed E-state index contributed by atoms with van der Waals surface area (Å²) in [5.41, 5.74) is 3.61. The number of ether oxygens (including phenoxy) is 1. The molecular formula is C31H38FN7O3S. The van der Waals surface area contributed by atoms with Crippen molar-refractivity contribution >= 4 is 29.0 Å². The monoisotopic (exact) mass is 607 g/mol. The lowest BCUT2D eigenvalue weighted by Gasteiger charge is -2.47. The highest BCUT2D eigenvalue weighted by Gasteiger charge is 2.48. The molecule has 10 nitrogen and oxygen atoms in total. The Hall–Kier alpha value is -3.56. The lowest BCUT2D eigenvalue weighted by molar-refractivity contribution is -0.128. The van der Waals surface area contributed by atoms with Crippen LogP contribution in [0.5, 0.6) is 6.01 Å². The number of piperazine rings is 1. The summed E-state index contributed by atoms with van der Waals surface area (Å²) in [6.45, 7) is 9.92. The van der Waals surface area contributed by atoms with E-state index in [9.17, 15) is 19.2 Å². The average molecular weight is 608 g/mol. The van der Waals surface area contributed by atoms with Crippen molar-refractivity contribution in [3.8, 4) is 12.1 Å². The van der Waals surface area contributed by atoms with Crippen LogP contribution in [0.1, 0.15) is 51.8 Å². The molecule has 5 unspecified atom stereocenters. The zero-order chi connectivity index (χ0) is 30.5. The Morgan fingerprint density at radius 3 is 2.84 bits per heavy atom. The third-order valence-corrected chi connectivity index (χ3v) is 10.9. The third kappa shape index (κ3) is 5.38. The van der Waals surface area contributed by atoms with E-state index in [1.54, 1.807) is 4.90 Å². The summed E-state index contributed by atoms with van der Waals surface area (Å²) >= 11 is 1.49. The van der Waals surface area contributed by atoms with Gasteiger partial charge in [0.2, 0.25) is 5.91 Å².